The van der Waals surface area contributed by atoms with E-state index in [0.29, 0.717) is 12.0 Å². The molecule has 21 heavy (non-hydrogen) atoms. The lowest BCUT2D eigenvalue weighted by Crippen LogP contribution is -2.46. The Labute approximate surface area is 123 Å². The van der Waals surface area contributed by atoms with Crippen LogP contribution in [-0.4, -0.2) is 30.6 Å². The number of nitrogens with zero attached hydrogens (tertiary/aromatic N) is 1. The number of fused-ring (bicyclic) bond motifs is 1. The van der Waals surface area contributed by atoms with Crippen LogP contribution in [0, 0.1) is 5.92 Å². The molecule has 0 amide bonds. The van der Waals surface area contributed by atoms with Gasteiger partial charge in [-0.25, -0.2) is 0 Å². The van der Waals surface area contributed by atoms with Gasteiger partial charge in [0.25, 0.3) is 0 Å². The number of hydrogen-bond acceptors (Lipinski definition) is 2. The molecule has 0 radical (unpaired) electrons. The van der Waals surface area contributed by atoms with Crippen molar-refractivity contribution < 1.29 is 13.2 Å². The fourth-order valence-electron chi connectivity index (χ4n) is 3.73. The molecule has 0 aromatic heterocycles. The summed E-state index contributed by atoms with van der Waals surface area (Å²) < 4.78 is 37.9. The van der Waals surface area contributed by atoms with Crippen LogP contribution in [0.15, 0.2) is 24.3 Å². The van der Waals surface area contributed by atoms with Crippen LogP contribution in [0.25, 0.3) is 0 Å². The quantitative estimate of drug-likeness (QED) is 0.899. The van der Waals surface area contributed by atoms with Crippen LogP contribution in [0.3, 0.4) is 0 Å². The predicted molar refractivity (Wildman–Crippen MR) is 75.9 cm³/mol. The van der Waals surface area contributed by atoms with Crippen LogP contribution in [0.4, 0.5) is 13.2 Å². The van der Waals surface area contributed by atoms with Gasteiger partial charge in [0, 0.05) is 18.6 Å². The van der Waals surface area contributed by atoms with Crippen molar-refractivity contribution in [2.75, 3.05) is 19.6 Å². The van der Waals surface area contributed by atoms with Crippen molar-refractivity contribution in [2.45, 2.75) is 38.0 Å². The molecule has 1 aromatic carbocycles. The number of nitrogens with one attached hydrogen (secondary N) is 1. The van der Waals surface area contributed by atoms with Gasteiger partial charge in [0.05, 0.1) is 5.56 Å². The summed E-state index contributed by atoms with van der Waals surface area (Å²) in [6.45, 7) is 5.20. The summed E-state index contributed by atoms with van der Waals surface area (Å²) in [5, 5.41) is 3.44. The maximum absolute atomic E-state index is 12.6. The molecule has 3 rings (SSSR count). The molecule has 2 heterocycles. The van der Waals surface area contributed by atoms with Crippen LogP contribution in [-0.2, 0) is 6.18 Å². The zero-order valence-electron chi connectivity index (χ0n) is 12.2. The highest BCUT2D eigenvalue weighted by atomic mass is 19.4. The van der Waals surface area contributed by atoms with E-state index < -0.39 is 11.7 Å². The van der Waals surface area contributed by atoms with Crippen molar-refractivity contribution in [1.82, 2.24) is 10.2 Å². The summed E-state index contributed by atoms with van der Waals surface area (Å²) in [5.74, 6) is 0.690. The van der Waals surface area contributed by atoms with Gasteiger partial charge in [0.2, 0.25) is 0 Å². The summed E-state index contributed by atoms with van der Waals surface area (Å²) in [6.07, 6.45) is -1.82. The monoisotopic (exact) mass is 298 g/mol. The zero-order chi connectivity index (χ0) is 15.0. The largest absolute Gasteiger partial charge is 0.416 e. The van der Waals surface area contributed by atoms with E-state index in [0.717, 1.165) is 25.2 Å². The highest BCUT2D eigenvalue weighted by Gasteiger charge is 2.37. The molecule has 0 saturated carbocycles. The lowest BCUT2D eigenvalue weighted by Gasteiger charge is -2.41. The van der Waals surface area contributed by atoms with Gasteiger partial charge in [0.15, 0.2) is 0 Å². The number of alkyl halides is 3. The van der Waals surface area contributed by atoms with Crippen LogP contribution < -0.4 is 5.32 Å². The Kier molecular flexibility index (Phi) is 3.97. The third-order valence-electron chi connectivity index (χ3n) is 4.94. The maximum Gasteiger partial charge on any atom is 0.416 e. The third-order valence-corrected chi connectivity index (χ3v) is 4.94. The maximum atomic E-state index is 12.6. The van der Waals surface area contributed by atoms with Gasteiger partial charge in [-0.2, -0.15) is 13.2 Å². The lowest BCUT2D eigenvalue weighted by molar-refractivity contribution is -0.137. The van der Waals surface area contributed by atoms with Crippen molar-refractivity contribution >= 4 is 0 Å². The van der Waals surface area contributed by atoms with Gasteiger partial charge in [0.1, 0.15) is 0 Å². The summed E-state index contributed by atoms with van der Waals surface area (Å²) in [4.78, 5) is 2.46. The highest BCUT2D eigenvalue weighted by Crippen LogP contribution is 2.35. The van der Waals surface area contributed by atoms with Crippen molar-refractivity contribution in [3.05, 3.63) is 35.4 Å². The van der Waals surface area contributed by atoms with E-state index in [1.807, 2.05) is 0 Å². The molecule has 2 fully saturated rings. The molecule has 0 bridgehead atoms. The first-order chi connectivity index (χ1) is 9.97. The number of benzene rings is 1. The smallest absolute Gasteiger partial charge is 0.315 e. The Morgan fingerprint density at radius 3 is 2.57 bits per heavy atom. The third kappa shape index (κ3) is 2.94. The summed E-state index contributed by atoms with van der Waals surface area (Å²) in [6, 6.07) is 6.33. The number of halogens is 3. The van der Waals surface area contributed by atoms with Crippen LogP contribution in [0.2, 0.25) is 0 Å². The van der Waals surface area contributed by atoms with Crippen molar-refractivity contribution in [1.29, 1.82) is 0 Å². The average molecular weight is 298 g/mol. The van der Waals surface area contributed by atoms with Crippen LogP contribution in [0.5, 0.6) is 0 Å². The van der Waals surface area contributed by atoms with Gasteiger partial charge in [-0.3, -0.25) is 4.90 Å². The fourth-order valence-corrected chi connectivity index (χ4v) is 3.73. The molecule has 116 valence electrons. The van der Waals surface area contributed by atoms with Crippen LogP contribution >= 0.6 is 0 Å². The summed E-state index contributed by atoms with van der Waals surface area (Å²) >= 11 is 0. The molecule has 5 heteroatoms. The minimum Gasteiger partial charge on any atom is -0.315 e. The molecule has 2 saturated heterocycles. The Morgan fingerprint density at radius 2 is 1.90 bits per heavy atom. The second kappa shape index (κ2) is 5.61. The van der Waals surface area contributed by atoms with Gasteiger partial charge >= 0.3 is 6.18 Å². The SMILES string of the molecule is CC(c1ccc(C(F)(F)F)cc1)N1CCCC2CNCC21. The molecular formula is C16H21F3N2. The molecule has 2 aliphatic heterocycles. The summed E-state index contributed by atoms with van der Waals surface area (Å²) in [7, 11) is 0. The first-order valence-electron chi connectivity index (χ1n) is 7.60. The Morgan fingerprint density at radius 1 is 1.19 bits per heavy atom. The molecular weight excluding hydrogens is 277 g/mol. The van der Waals surface area contributed by atoms with Gasteiger partial charge in [-0.05, 0) is 56.5 Å². The molecule has 2 aliphatic rings. The molecule has 3 atom stereocenters. The Bertz CT molecular complexity index is 483. The van der Waals surface area contributed by atoms with Crippen molar-refractivity contribution in [3.8, 4) is 0 Å². The van der Waals surface area contributed by atoms with E-state index in [9.17, 15) is 13.2 Å². The van der Waals surface area contributed by atoms with E-state index in [1.54, 1.807) is 12.1 Å². The first-order valence-corrected chi connectivity index (χ1v) is 7.60. The molecule has 3 unspecified atom stereocenters. The van der Waals surface area contributed by atoms with Crippen LogP contribution in [0.1, 0.15) is 36.9 Å². The second-order valence-corrected chi connectivity index (χ2v) is 6.16. The molecule has 1 aromatic rings. The first kappa shape index (κ1) is 14.9. The average Bonchev–Trinajstić information content (AvgIpc) is 2.94. The topological polar surface area (TPSA) is 15.3 Å². The standard InChI is InChI=1S/C16H21F3N2/c1-11(12-4-6-14(7-5-12)16(17,18)19)21-8-2-3-13-9-20-10-15(13)21/h4-7,11,13,15,20H,2-3,8-10H2,1H3. The van der Waals surface area contributed by atoms with Gasteiger partial charge in [-0.1, -0.05) is 12.1 Å². The van der Waals surface area contributed by atoms with E-state index in [1.165, 1.54) is 25.0 Å². The fraction of sp³-hybridized carbons (Fsp3) is 0.625. The Hall–Kier alpha value is -1.07. The molecule has 2 nitrogen and oxygen atoms in total. The minimum atomic E-state index is -4.26. The molecule has 0 spiro atoms. The van der Waals surface area contributed by atoms with E-state index >= 15 is 0 Å². The minimum absolute atomic E-state index is 0.167. The van der Waals surface area contributed by atoms with Gasteiger partial charge < -0.3 is 5.32 Å². The normalized spacial score (nSPS) is 28.4. The number of hydrogen-bond donors (Lipinski definition) is 1. The van der Waals surface area contributed by atoms with E-state index in [4.69, 9.17) is 0 Å². The lowest BCUT2D eigenvalue weighted by atomic mass is 9.89. The number of likely N-dealkylation sites (tertiary alicyclic amines) is 1. The van der Waals surface area contributed by atoms with Crippen molar-refractivity contribution in [2.24, 2.45) is 5.92 Å². The molecule has 1 N–H and O–H groups in total. The summed E-state index contributed by atoms with van der Waals surface area (Å²) in [5.41, 5.74) is 0.396. The number of piperidine rings is 1. The van der Waals surface area contributed by atoms with Gasteiger partial charge in [-0.15, -0.1) is 0 Å². The van der Waals surface area contributed by atoms with E-state index in [2.05, 4.69) is 17.1 Å². The zero-order valence-corrected chi connectivity index (χ0v) is 12.2. The second-order valence-electron chi connectivity index (χ2n) is 6.16. The Balaban J connectivity index is 1.76. The van der Waals surface area contributed by atoms with E-state index in [-0.39, 0.29) is 6.04 Å². The predicted octanol–water partition coefficient (Wildman–Crippen LogP) is 3.45. The highest BCUT2D eigenvalue weighted by molar-refractivity contribution is 5.27. The number of rotatable bonds is 2. The van der Waals surface area contributed by atoms with Crippen molar-refractivity contribution in [3.63, 3.8) is 0 Å². The molecule has 0 aliphatic carbocycles.